The number of para-hydroxylation sites is 1. The molecular formula is C16H18N2O4S. The van der Waals surface area contributed by atoms with Crippen molar-refractivity contribution in [3.8, 4) is 5.75 Å². The summed E-state index contributed by atoms with van der Waals surface area (Å²) in [5.74, 6) is 0.406. The minimum atomic E-state index is -3.70. The number of ether oxygens (including phenoxy) is 1. The van der Waals surface area contributed by atoms with Crippen LogP contribution in [0, 0.1) is 6.92 Å². The van der Waals surface area contributed by atoms with Gasteiger partial charge in [0, 0.05) is 6.54 Å². The van der Waals surface area contributed by atoms with Gasteiger partial charge < -0.3 is 10.1 Å². The zero-order chi connectivity index (χ0) is 16.9. The van der Waals surface area contributed by atoms with Gasteiger partial charge in [-0.3, -0.25) is 4.79 Å². The second-order valence-electron chi connectivity index (χ2n) is 5.02. The van der Waals surface area contributed by atoms with E-state index in [1.165, 1.54) is 12.1 Å². The van der Waals surface area contributed by atoms with E-state index in [1.807, 2.05) is 25.1 Å². The molecule has 0 unspecified atom stereocenters. The van der Waals surface area contributed by atoms with Gasteiger partial charge in [0.1, 0.15) is 5.75 Å². The molecule has 0 spiro atoms. The third-order valence-corrected chi connectivity index (χ3v) is 4.12. The van der Waals surface area contributed by atoms with Crippen molar-refractivity contribution in [2.45, 2.75) is 18.4 Å². The molecule has 0 aromatic heterocycles. The van der Waals surface area contributed by atoms with Crippen LogP contribution in [0.1, 0.15) is 11.1 Å². The summed E-state index contributed by atoms with van der Waals surface area (Å²) in [7, 11) is -3.70. The number of nitrogens with one attached hydrogen (secondary N) is 1. The number of hydrogen-bond donors (Lipinski definition) is 2. The second kappa shape index (κ2) is 7.26. The van der Waals surface area contributed by atoms with E-state index in [-0.39, 0.29) is 24.0 Å². The largest absolute Gasteiger partial charge is 0.484 e. The smallest absolute Gasteiger partial charge is 0.258 e. The SMILES string of the molecule is Cc1ccccc1OCC(=O)NCc1ccc(S(N)(=O)=O)cc1. The van der Waals surface area contributed by atoms with Crippen LogP contribution in [-0.4, -0.2) is 20.9 Å². The van der Waals surface area contributed by atoms with Crippen LogP contribution in [0.25, 0.3) is 0 Å². The maximum atomic E-state index is 11.8. The molecule has 0 radical (unpaired) electrons. The van der Waals surface area contributed by atoms with E-state index < -0.39 is 10.0 Å². The summed E-state index contributed by atoms with van der Waals surface area (Å²) in [6.45, 7) is 2.10. The molecule has 3 N–H and O–H groups in total. The maximum absolute atomic E-state index is 11.8. The van der Waals surface area contributed by atoms with Crippen molar-refractivity contribution in [2.24, 2.45) is 5.14 Å². The summed E-state index contributed by atoms with van der Waals surface area (Å²) in [5.41, 5.74) is 1.72. The molecule has 0 saturated heterocycles. The Labute approximate surface area is 135 Å². The Morgan fingerprint density at radius 3 is 2.39 bits per heavy atom. The van der Waals surface area contributed by atoms with Crippen LogP contribution in [0.4, 0.5) is 0 Å². The minimum Gasteiger partial charge on any atom is -0.484 e. The number of aryl methyl sites for hydroxylation is 1. The van der Waals surface area contributed by atoms with Crippen LogP contribution in [0.15, 0.2) is 53.4 Å². The quantitative estimate of drug-likeness (QED) is 0.833. The van der Waals surface area contributed by atoms with Gasteiger partial charge in [0.25, 0.3) is 5.91 Å². The van der Waals surface area contributed by atoms with Crippen molar-refractivity contribution in [1.29, 1.82) is 0 Å². The van der Waals surface area contributed by atoms with Crippen molar-refractivity contribution in [1.82, 2.24) is 5.32 Å². The molecule has 0 aliphatic rings. The van der Waals surface area contributed by atoms with E-state index in [2.05, 4.69) is 5.32 Å². The lowest BCUT2D eigenvalue weighted by molar-refractivity contribution is -0.123. The molecule has 0 atom stereocenters. The first-order valence-corrected chi connectivity index (χ1v) is 8.48. The van der Waals surface area contributed by atoms with Gasteiger partial charge in [0.15, 0.2) is 6.61 Å². The first-order chi connectivity index (χ1) is 10.9. The lowest BCUT2D eigenvalue weighted by Crippen LogP contribution is -2.28. The Kier molecular flexibility index (Phi) is 5.36. The van der Waals surface area contributed by atoms with Gasteiger partial charge in [-0.1, -0.05) is 30.3 Å². The molecule has 2 aromatic rings. The predicted molar refractivity (Wildman–Crippen MR) is 86.3 cm³/mol. The molecule has 0 aliphatic heterocycles. The number of carbonyl (C=O) groups is 1. The molecule has 2 rings (SSSR count). The first kappa shape index (κ1) is 17.0. The Hall–Kier alpha value is -2.38. The average molecular weight is 334 g/mol. The molecule has 0 fully saturated rings. The average Bonchev–Trinajstić information content (AvgIpc) is 2.51. The second-order valence-corrected chi connectivity index (χ2v) is 6.58. The molecule has 0 saturated carbocycles. The number of benzene rings is 2. The van der Waals surface area contributed by atoms with Crippen LogP contribution in [-0.2, 0) is 21.4 Å². The van der Waals surface area contributed by atoms with Crippen LogP contribution in [0.3, 0.4) is 0 Å². The van der Waals surface area contributed by atoms with Crippen LogP contribution >= 0.6 is 0 Å². The minimum absolute atomic E-state index is 0.0375. The molecule has 7 heteroatoms. The monoisotopic (exact) mass is 334 g/mol. The van der Waals surface area contributed by atoms with E-state index in [0.29, 0.717) is 5.75 Å². The molecule has 0 heterocycles. The highest BCUT2D eigenvalue weighted by Gasteiger charge is 2.08. The Bertz CT molecular complexity index is 786. The highest BCUT2D eigenvalue weighted by atomic mass is 32.2. The highest BCUT2D eigenvalue weighted by molar-refractivity contribution is 7.89. The zero-order valence-electron chi connectivity index (χ0n) is 12.7. The van der Waals surface area contributed by atoms with Crippen LogP contribution < -0.4 is 15.2 Å². The molecule has 2 aromatic carbocycles. The third-order valence-electron chi connectivity index (χ3n) is 3.19. The summed E-state index contributed by atoms with van der Waals surface area (Å²) in [4.78, 5) is 11.8. The number of nitrogens with two attached hydrogens (primary N) is 1. The zero-order valence-corrected chi connectivity index (χ0v) is 13.5. The fourth-order valence-corrected chi connectivity index (χ4v) is 2.43. The summed E-state index contributed by atoms with van der Waals surface area (Å²) in [6.07, 6.45) is 0. The molecule has 6 nitrogen and oxygen atoms in total. The topological polar surface area (TPSA) is 98.5 Å². The number of hydrogen-bond acceptors (Lipinski definition) is 4. The van der Waals surface area contributed by atoms with E-state index in [1.54, 1.807) is 18.2 Å². The van der Waals surface area contributed by atoms with Crippen molar-refractivity contribution in [3.63, 3.8) is 0 Å². The van der Waals surface area contributed by atoms with Gasteiger partial charge in [-0.2, -0.15) is 0 Å². The van der Waals surface area contributed by atoms with E-state index in [9.17, 15) is 13.2 Å². The molecule has 1 amide bonds. The van der Waals surface area contributed by atoms with Gasteiger partial charge >= 0.3 is 0 Å². The van der Waals surface area contributed by atoms with Crippen molar-refractivity contribution >= 4 is 15.9 Å². The lowest BCUT2D eigenvalue weighted by Gasteiger charge is -2.09. The first-order valence-electron chi connectivity index (χ1n) is 6.93. The van der Waals surface area contributed by atoms with E-state index >= 15 is 0 Å². The third kappa shape index (κ3) is 5.08. The molecular weight excluding hydrogens is 316 g/mol. The van der Waals surface area contributed by atoms with E-state index in [4.69, 9.17) is 9.88 Å². The van der Waals surface area contributed by atoms with Gasteiger partial charge in [-0.25, -0.2) is 13.6 Å². The lowest BCUT2D eigenvalue weighted by atomic mass is 10.2. The highest BCUT2D eigenvalue weighted by Crippen LogP contribution is 2.15. The molecule has 0 aliphatic carbocycles. The Morgan fingerprint density at radius 1 is 1.13 bits per heavy atom. The number of primary sulfonamides is 1. The number of carbonyl (C=O) groups excluding carboxylic acids is 1. The summed E-state index contributed by atoms with van der Waals surface area (Å²) >= 11 is 0. The number of amides is 1. The maximum Gasteiger partial charge on any atom is 0.258 e. The van der Waals surface area contributed by atoms with Crippen LogP contribution in [0.2, 0.25) is 0 Å². The summed E-state index contributed by atoms with van der Waals surface area (Å²) in [5, 5.41) is 7.72. The van der Waals surface area contributed by atoms with Gasteiger partial charge in [-0.15, -0.1) is 0 Å². The van der Waals surface area contributed by atoms with E-state index in [0.717, 1.165) is 11.1 Å². The molecule has 23 heavy (non-hydrogen) atoms. The van der Waals surface area contributed by atoms with Gasteiger partial charge in [-0.05, 0) is 36.2 Å². The predicted octanol–water partition coefficient (Wildman–Crippen LogP) is 1.34. The number of rotatable bonds is 6. The van der Waals surface area contributed by atoms with Crippen molar-refractivity contribution in [2.75, 3.05) is 6.61 Å². The standard InChI is InChI=1S/C16H18N2O4S/c1-12-4-2-3-5-15(12)22-11-16(19)18-10-13-6-8-14(9-7-13)23(17,20)21/h2-9H,10-11H2,1H3,(H,18,19)(H2,17,20,21). The fourth-order valence-electron chi connectivity index (χ4n) is 1.91. The van der Waals surface area contributed by atoms with Crippen molar-refractivity contribution in [3.05, 3.63) is 59.7 Å². The van der Waals surface area contributed by atoms with Crippen LogP contribution in [0.5, 0.6) is 5.75 Å². The van der Waals surface area contributed by atoms with Gasteiger partial charge in [0.05, 0.1) is 4.90 Å². The Balaban J connectivity index is 1.84. The summed E-state index contributed by atoms with van der Waals surface area (Å²) in [6, 6.07) is 13.4. The fraction of sp³-hybridized carbons (Fsp3) is 0.188. The van der Waals surface area contributed by atoms with Crippen molar-refractivity contribution < 1.29 is 17.9 Å². The Morgan fingerprint density at radius 2 is 1.78 bits per heavy atom. The number of sulfonamides is 1. The normalized spacial score (nSPS) is 11.0. The van der Waals surface area contributed by atoms with Gasteiger partial charge in [0.2, 0.25) is 10.0 Å². The molecule has 0 bridgehead atoms. The summed E-state index contributed by atoms with van der Waals surface area (Å²) < 4.78 is 27.7. The molecule has 122 valence electrons.